The van der Waals surface area contributed by atoms with E-state index in [2.05, 4.69) is 4.98 Å². The van der Waals surface area contributed by atoms with E-state index in [4.69, 9.17) is 18.9 Å². The summed E-state index contributed by atoms with van der Waals surface area (Å²) in [4.78, 5) is 71.8. The van der Waals surface area contributed by atoms with Crippen molar-refractivity contribution in [2.75, 3.05) is 11.4 Å². The Morgan fingerprint density at radius 3 is 1.62 bits per heavy atom. The van der Waals surface area contributed by atoms with Crippen LogP contribution in [0.15, 0.2) is 24.3 Å². The predicted octanol–water partition coefficient (Wildman–Crippen LogP) is 7.43. The van der Waals surface area contributed by atoms with E-state index in [1.807, 2.05) is 0 Å². The molecule has 0 saturated carbocycles. The van der Waals surface area contributed by atoms with E-state index < -0.39 is 52.7 Å². The Labute approximate surface area is 265 Å². The number of para-hydroxylation sites is 2. The molecule has 0 aliphatic rings. The summed E-state index contributed by atoms with van der Waals surface area (Å²) in [5, 5.41) is 0. The number of nitrogens with zero attached hydrogens (tertiary/aromatic N) is 4. The minimum Gasteiger partial charge on any atom is -0.443 e. The lowest BCUT2D eigenvalue weighted by molar-refractivity contribution is -0.129. The topological polar surface area (TPSA) is 147 Å². The molecule has 0 radical (unpaired) electrons. The van der Waals surface area contributed by atoms with Gasteiger partial charge in [-0.05, 0) is 108 Å². The Balaban J connectivity index is 2.37. The second-order valence-electron chi connectivity index (χ2n) is 14.5. The summed E-state index contributed by atoms with van der Waals surface area (Å²) in [5.41, 5.74) is -2.75. The molecule has 13 nitrogen and oxygen atoms in total. The van der Waals surface area contributed by atoms with Gasteiger partial charge in [-0.2, -0.15) is 0 Å². The van der Waals surface area contributed by atoms with Crippen molar-refractivity contribution in [2.24, 2.45) is 0 Å². The Bertz CT molecular complexity index is 1370. The lowest BCUT2D eigenvalue weighted by atomic mass is 10.2. The zero-order chi connectivity index (χ0) is 34.5. The Hall–Kier alpha value is -4.16. The van der Waals surface area contributed by atoms with Crippen molar-refractivity contribution in [3.63, 3.8) is 0 Å². The molecule has 0 unspecified atom stereocenters. The van der Waals surface area contributed by atoms with Crippen molar-refractivity contribution in [1.29, 1.82) is 0 Å². The summed E-state index contributed by atoms with van der Waals surface area (Å²) in [5.74, 6) is -0.849. The van der Waals surface area contributed by atoms with Gasteiger partial charge in [0, 0.05) is 13.0 Å². The number of carbonyl (C=O) groups is 5. The molecule has 13 heteroatoms. The van der Waals surface area contributed by atoms with E-state index in [1.165, 1.54) is 9.47 Å². The first-order valence-corrected chi connectivity index (χ1v) is 14.9. The molecule has 45 heavy (non-hydrogen) atoms. The van der Waals surface area contributed by atoms with Gasteiger partial charge in [0.15, 0.2) is 0 Å². The number of imidazole rings is 1. The Morgan fingerprint density at radius 1 is 0.667 bits per heavy atom. The van der Waals surface area contributed by atoms with E-state index in [0.717, 1.165) is 0 Å². The SMILES string of the molecule is CC(C)(C)OC(=O)N(C(=O)CCCCN(C(=O)OC(C)(C)C)c1nc2ccccc2n1C(=O)OC(C)(C)C)C(=O)OC(C)(C)C. The molecule has 0 saturated heterocycles. The molecule has 1 aromatic heterocycles. The van der Waals surface area contributed by atoms with E-state index in [0.29, 0.717) is 15.9 Å². The van der Waals surface area contributed by atoms with E-state index in [1.54, 1.807) is 107 Å². The number of anilines is 1. The number of hydrogen-bond acceptors (Lipinski definition) is 10. The molecule has 1 aromatic carbocycles. The second kappa shape index (κ2) is 13.9. The largest absolute Gasteiger partial charge is 0.443 e. The van der Waals surface area contributed by atoms with Gasteiger partial charge < -0.3 is 18.9 Å². The number of amides is 4. The summed E-state index contributed by atoms with van der Waals surface area (Å²) < 4.78 is 23.0. The van der Waals surface area contributed by atoms with Gasteiger partial charge in [0.05, 0.1) is 11.0 Å². The standard InChI is InChI=1S/C32H48N4O9/c1-29(2,3)42-25(38)34(24-33-21-17-13-14-18-22(21)35(24)26(39)43-30(4,5)6)20-16-15-19-23(37)36(27(40)44-31(7,8)9)28(41)45-32(10,11)12/h13-14,17-18H,15-16,19-20H2,1-12H3. The minimum atomic E-state index is -1.15. The van der Waals surface area contributed by atoms with Gasteiger partial charge in [0.1, 0.15) is 22.4 Å². The number of fused-ring (bicyclic) bond motifs is 1. The van der Waals surface area contributed by atoms with Crippen LogP contribution in [0, 0.1) is 0 Å². The van der Waals surface area contributed by atoms with Gasteiger partial charge in [0.25, 0.3) is 0 Å². The van der Waals surface area contributed by atoms with Crippen molar-refractivity contribution in [3.8, 4) is 0 Å². The average molecular weight is 633 g/mol. The molecular formula is C32H48N4O9. The van der Waals surface area contributed by atoms with Gasteiger partial charge in [0.2, 0.25) is 11.9 Å². The number of imide groups is 3. The summed E-state index contributed by atoms with van der Waals surface area (Å²) in [6.07, 6.45) is -3.69. The first-order valence-electron chi connectivity index (χ1n) is 14.9. The summed E-state index contributed by atoms with van der Waals surface area (Å²) in [6.45, 7) is 19.9. The van der Waals surface area contributed by atoms with Gasteiger partial charge in [-0.3, -0.25) is 4.79 Å². The fourth-order valence-electron chi connectivity index (χ4n) is 3.82. The number of ether oxygens (including phenoxy) is 4. The maximum Gasteiger partial charge on any atom is 0.426 e. The van der Waals surface area contributed by atoms with Crippen LogP contribution < -0.4 is 4.90 Å². The molecule has 0 bridgehead atoms. The highest BCUT2D eigenvalue weighted by atomic mass is 16.6. The molecule has 0 aliphatic carbocycles. The van der Waals surface area contributed by atoms with Crippen LogP contribution >= 0.6 is 0 Å². The van der Waals surface area contributed by atoms with Crippen LogP contribution in [0.1, 0.15) is 102 Å². The lowest BCUT2D eigenvalue weighted by Crippen LogP contribution is -2.46. The van der Waals surface area contributed by atoms with E-state index in [-0.39, 0.29) is 31.8 Å². The quantitative estimate of drug-likeness (QED) is 0.233. The van der Waals surface area contributed by atoms with Gasteiger partial charge >= 0.3 is 24.4 Å². The number of carbonyl (C=O) groups excluding carboxylic acids is 5. The summed E-state index contributed by atoms with van der Waals surface area (Å²) >= 11 is 0. The fourth-order valence-corrected chi connectivity index (χ4v) is 3.82. The van der Waals surface area contributed by atoms with Crippen LogP contribution in [0.2, 0.25) is 0 Å². The highest BCUT2D eigenvalue weighted by Gasteiger charge is 2.36. The highest BCUT2D eigenvalue weighted by Crippen LogP contribution is 2.27. The van der Waals surface area contributed by atoms with Gasteiger partial charge in [-0.25, -0.2) is 33.6 Å². The van der Waals surface area contributed by atoms with E-state index >= 15 is 0 Å². The van der Waals surface area contributed by atoms with E-state index in [9.17, 15) is 24.0 Å². The van der Waals surface area contributed by atoms with Crippen LogP contribution in [0.5, 0.6) is 0 Å². The molecule has 0 N–H and O–H groups in total. The van der Waals surface area contributed by atoms with Crippen LogP contribution in [0.4, 0.5) is 25.1 Å². The predicted molar refractivity (Wildman–Crippen MR) is 168 cm³/mol. The third-order valence-corrected chi connectivity index (χ3v) is 5.40. The molecule has 4 amide bonds. The number of rotatable bonds is 6. The van der Waals surface area contributed by atoms with Gasteiger partial charge in [-0.15, -0.1) is 4.90 Å². The van der Waals surface area contributed by atoms with Crippen LogP contribution in [-0.2, 0) is 23.7 Å². The van der Waals surface area contributed by atoms with Crippen molar-refractivity contribution >= 4 is 47.3 Å². The monoisotopic (exact) mass is 632 g/mol. The first kappa shape index (κ1) is 37.0. The molecule has 0 atom stereocenters. The maximum absolute atomic E-state index is 13.5. The van der Waals surface area contributed by atoms with Crippen molar-refractivity contribution < 1.29 is 42.9 Å². The molecule has 0 spiro atoms. The number of unbranched alkanes of at least 4 members (excludes halogenated alkanes) is 1. The van der Waals surface area contributed by atoms with Crippen LogP contribution in [0.3, 0.4) is 0 Å². The fraction of sp³-hybridized carbons (Fsp3) is 0.625. The number of hydrogen-bond donors (Lipinski definition) is 0. The van der Waals surface area contributed by atoms with Crippen LogP contribution in [-0.4, -0.2) is 73.7 Å². The maximum atomic E-state index is 13.5. The third-order valence-electron chi connectivity index (χ3n) is 5.40. The second-order valence-corrected chi connectivity index (χ2v) is 14.5. The third kappa shape index (κ3) is 11.7. The Kier molecular flexibility index (Phi) is 11.4. The summed E-state index contributed by atoms with van der Waals surface area (Å²) in [7, 11) is 0. The first-order chi connectivity index (χ1) is 20.4. The zero-order valence-corrected chi connectivity index (χ0v) is 28.6. The summed E-state index contributed by atoms with van der Waals surface area (Å²) in [6, 6.07) is 6.87. The zero-order valence-electron chi connectivity index (χ0n) is 28.6. The van der Waals surface area contributed by atoms with Crippen LogP contribution in [0.25, 0.3) is 11.0 Å². The molecule has 2 aromatic rings. The molecule has 0 aliphatic heterocycles. The average Bonchev–Trinajstić information content (AvgIpc) is 3.18. The molecule has 0 fully saturated rings. The van der Waals surface area contributed by atoms with Crippen molar-refractivity contribution in [2.45, 2.75) is 125 Å². The molecule has 250 valence electrons. The number of aromatic nitrogens is 2. The highest BCUT2D eigenvalue weighted by molar-refractivity contribution is 6.06. The van der Waals surface area contributed by atoms with Crippen molar-refractivity contribution in [3.05, 3.63) is 24.3 Å². The molecule has 2 rings (SSSR count). The van der Waals surface area contributed by atoms with Crippen molar-refractivity contribution in [1.82, 2.24) is 14.5 Å². The Morgan fingerprint density at radius 2 is 1.13 bits per heavy atom. The molecular weight excluding hydrogens is 584 g/mol. The lowest BCUT2D eigenvalue weighted by Gasteiger charge is -2.28. The van der Waals surface area contributed by atoms with Gasteiger partial charge in [-0.1, -0.05) is 12.1 Å². The normalized spacial score (nSPS) is 12.4. The minimum absolute atomic E-state index is 0.0184. The number of benzene rings is 1. The smallest absolute Gasteiger partial charge is 0.426 e. The molecule has 1 heterocycles.